The minimum atomic E-state index is -1.11. The Morgan fingerprint density at radius 1 is 1.15 bits per heavy atom. The number of para-hydroxylation sites is 1. The van der Waals surface area contributed by atoms with E-state index in [0.717, 1.165) is 11.3 Å². The number of thiol groups is 1. The summed E-state index contributed by atoms with van der Waals surface area (Å²) in [6, 6.07) is 7.24. The van der Waals surface area contributed by atoms with Gasteiger partial charge in [-0.3, -0.25) is 14.5 Å². The molecule has 2 aliphatic rings. The van der Waals surface area contributed by atoms with Crippen molar-refractivity contribution in [1.82, 2.24) is 4.90 Å². The minimum Gasteiger partial charge on any atom is -0.321 e. The minimum absolute atomic E-state index is 0.0664. The van der Waals surface area contributed by atoms with Crippen LogP contribution in [0.4, 0.5) is 5.69 Å². The molecule has 3 rings (SSSR count). The number of fused-ring (bicyclic) bond motifs is 3. The van der Waals surface area contributed by atoms with Crippen molar-refractivity contribution in [3.8, 4) is 0 Å². The molecule has 4 nitrogen and oxygen atoms in total. The van der Waals surface area contributed by atoms with Gasteiger partial charge in [0.25, 0.3) is 5.91 Å². The number of nitrogens with zero attached hydrogens (tertiary/aromatic N) is 2. The van der Waals surface area contributed by atoms with Crippen molar-refractivity contribution in [1.29, 1.82) is 0 Å². The van der Waals surface area contributed by atoms with Gasteiger partial charge in [-0.1, -0.05) is 32.0 Å². The first-order valence-corrected chi connectivity index (χ1v) is 7.08. The van der Waals surface area contributed by atoms with Crippen LogP contribution >= 0.6 is 12.6 Å². The summed E-state index contributed by atoms with van der Waals surface area (Å²) in [5, 5.41) is 0. The monoisotopic (exact) mass is 290 g/mol. The lowest BCUT2D eigenvalue weighted by molar-refractivity contribution is -0.146. The smallest absolute Gasteiger partial charge is 0.263 e. The van der Waals surface area contributed by atoms with Crippen LogP contribution < -0.4 is 4.90 Å². The highest BCUT2D eigenvalue weighted by molar-refractivity contribution is 7.82. The highest BCUT2D eigenvalue weighted by Crippen LogP contribution is 2.49. The van der Waals surface area contributed by atoms with Crippen molar-refractivity contribution < 1.29 is 9.59 Å². The van der Waals surface area contributed by atoms with Gasteiger partial charge in [-0.05, 0) is 18.6 Å². The van der Waals surface area contributed by atoms with E-state index in [1.54, 1.807) is 18.9 Å². The molecule has 20 heavy (non-hydrogen) atoms. The summed E-state index contributed by atoms with van der Waals surface area (Å²) in [4.78, 5) is 27.5. The first kappa shape index (κ1) is 13.5. The van der Waals surface area contributed by atoms with E-state index < -0.39 is 16.3 Å². The number of hydrogen-bond acceptors (Lipinski definition) is 3. The molecule has 0 spiro atoms. The Morgan fingerprint density at radius 3 is 2.40 bits per heavy atom. The first-order valence-electron chi connectivity index (χ1n) is 6.64. The second-order valence-corrected chi connectivity index (χ2v) is 7.11. The van der Waals surface area contributed by atoms with Gasteiger partial charge in [-0.2, -0.15) is 0 Å². The molecule has 2 heterocycles. The van der Waals surface area contributed by atoms with Crippen molar-refractivity contribution in [2.45, 2.75) is 37.1 Å². The number of likely N-dealkylation sites (N-methyl/N-ethyl adjacent to an activating group) is 1. The van der Waals surface area contributed by atoms with E-state index in [-0.39, 0.29) is 11.8 Å². The maximum atomic E-state index is 12.8. The Morgan fingerprint density at radius 2 is 1.75 bits per heavy atom. The number of hydrogen-bond donors (Lipinski definition) is 1. The fourth-order valence-corrected chi connectivity index (χ4v) is 3.46. The van der Waals surface area contributed by atoms with Gasteiger partial charge >= 0.3 is 0 Å². The van der Waals surface area contributed by atoms with Crippen LogP contribution in [0.15, 0.2) is 24.3 Å². The lowest BCUT2D eigenvalue weighted by Gasteiger charge is -2.47. The largest absolute Gasteiger partial charge is 0.321 e. The molecule has 2 aliphatic heterocycles. The third kappa shape index (κ3) is 1.39. The second-order valence-electron chi connectivity index (χ2n) is 6.23. The van der Waals surface area contributed by atoms with Crippen molar-refractivity contribution >= 4 is 30.1 Å². The standard InChI is InChI=1S/C15H18N2O2S/c1-14(2)9-7-5-6-8-10(9)17-11(14)12(18)16(4)15(3,20)13(17)19/h5-8,11,20H,1-4H3. The molecular formula is C15H18N2O2S. The van der Waals surface area contributed by atoms with Crippen LogP contribution in [0.5, 0.6) is 0 Å². The third-order valence-electron chi connectivity index (χ3n) is 4.64. The van der Waals surface area contributed by atoms with Crippen LogP contribution in [-0.2, 0) is 15.0 Å². The van der Waals surface area contributed by atoms with Gasteiger partial charge in [-0.25, -0.2) is 0 Å². The van der Waals surface area contributed by atoms with E-state index in [2.05, 4.69) is 12.6 Å². The van der Waals surface area contributed by atoms with Crippen molar-refractivity contribution in [2.24, 2.45) is 0 Å². The molecule has 5 heteroatoms. The maximum Gasteiger partial charge on any atom is 0.263 e. The van der Waals surface area contributed by atoms with E-state index in [9.17, 15) is 9.59 Å². The molecule has 0 N–H and O–H groups in total. The van der Waals surface area contributed by atoms with E-state index in [0.29, 0.717) is 0 Å². The van der Waals surface area contributed by atoms with Gasteiger partial charge in [0.1, 0.15) is 6.04 Å². The third-order valence-corrected chi connectivity index (χ3v) is 5.13. The quantitative estimate of drug-likeness (QED) is 0.740. The fourth-order valence-electron chi connectivity index (χ4n) is 3.25. The molecular weight excluding hydrogens is 272 g/mol. The zero-order valence-corrected chi connectivity index (χ0v) is 12.9. The maximum absolute atomic E-state index is 12.8. The Hall–Kier alpha value is -1.49. The Bertz CT molecular complexity index is 624. The molecule has 0 radical (unpaired) electrons. The zero-order valence-electron chi connectivity index (χ0n) is 12.0. The number of carbonyl (C=O) groups is 2. The molecule has 0 saturated carbocycles. The molecule has 1 aromatic carbocycles. The van der Waals surface area contributed by atoms with E-state index >= 15 is 0 Å². The molecule has 2 atom stereocenters. The number of carbonyl (C=O) groups excluding carboxylic acids is 2. The zero-order chi connectivity index (χ0) is 14.9. The summed E-state index contributed by atoms with van der Waals surface area (Å²) in [6.07, 6.45) is 0. The lowest BCUT2D eigenvalue weighted by atomic mass is 9.79. The topological polar surface area (TPSA) is 40.6 Å². The molecule has 2 amide bonds. The molecule has 1 saturated heterocycles. The summed E-state index contributed by atoms with van der Waals surface area (Å²) < 4.78 is 0. The van der Waals surface area contributed by atoms with Crippen molar-refractivity contribution in [3.05, 3.63) is 29.8 Å². The van der Waals surface area contributed by atoms with Gasteiger partial charge < -0.3 is 4.90 Å². The van der Waals surface area contributed by atoms with Crippen LogP contribution in [0, 0.1) is 0 Å². The highest BCUT2D eigenvalue weighted by atomic mass is 32.1. The van der Waals surface area contributed by atoms with E-state index in [1.807, 2.05) is 38.1 Å². The number of anilines is 1. The Balaban J connectivity index is 2.25. The molecule has 2 unspecified atom stereocenters. The normalized spacial score (nSPS) is 31.4. The molecule has 106 valence electrons. The summed E-state index contributed by atoms with van der Waals surface area (Å²) in [5.41, 5.74) is 1.46. The summed E-state index contributed by atoms with van der Waals surface area (Å²) in [5.74, 6) is -0.214. The highest BCUT2D eigenvalue weighted by Gasteiger charge is 2.59. The van der Waals surface area contributed by atoms with Crippen LogP contribution in [-0.4, -0.2) is 34.7 Å². The Labute approximate surface area is 124 Å². The van der Waals surface area contributed by atoms with Crippen molar-refractivity contribution in [2.75, 3.05) is 11.9 Å². The number of benzene rings is 1. The van der Waals surface area contributed by atoms with Gasteiger partial charge in [0.15, 0.2) is 4.87 Å². The summed E-state index contributed by atoms with van der Waals surface area (Å²) in [6.45, 7) is 5.69. The average Bonchev–Trinajstić information content (AvgIpc) is 2.63. The Kier molecular flexibility index (Phi) is 2.55. The fraction of sp³-hybridized carbons (Fsp3) is 0.467. The van der Waals surface area contributed by atoms with E-state index in [1.165, 1.54) is 4.90 Å². The lowest BCUT2D eigenvalue weighted by Crippen LogP contribution is -2.69. The molecule has 0 aromatic heterocycles. The predicted molar refractivity (Wildman–Crippen MR) is 80.9 cm³/mol. The molecule has 0 aliphatic carbocycles. The number of amides is 2. The van der Waals surface area contributed by atoms with Crippen LogP contribution in [0.2, 0.25) is 0 Å². The van der Waals surface area contributed by atoms with Crippen LogP contribution in [0.25, 0.3) is 0 Å². The van der Waals surface area contributed by atoms with Gasteiger partial charge in [-0.15, -0.1) is 12.6 Å². The molecule has 1 fully saturated rings. The molecule has 1 aromatic rings. The van der Waals surface area contributed by atoms with Gasteiger partial charge in [0.2, 0.25) is 5.91 Å². The average molecular weight is 290 g/mol. The van der Waals surface area contributed by atoms with Gasteiger partial charge in [0.05, 0.1) is 0 Å². The van der Waals surface area contributed by atoms with Crippen molar-refractivity contribution in [3.63, 3.8) is 0 Å². The SMILES string of the molecule is CN1C(=O)C2N(C(=O)C1(C)S)c1ccccc1C2(C)C. The van der Waals surface area contributed by atoms with E-state index in [4.69, 9.17) is 0 Å². The predicted octanol–water partition coefficient (Wildman–Crippen LogP) is 1.80. The summed E-state index contributed by atoms with van der Waals surface area (Å²) in [7, 11) is 1.64. The number of piperazine rings is 1. The van der Waals surface area contributed by atoms with Crippen LogP contribution in [0.1, 0.15) is 26.3 Å². The number of rotatable bonds is 0. The van der Waals surface area contributed by atoms with Gasteiger partial charge in [0, 0.05) is 18.2 Å². The molecule has 0 bridgehead atoms. The summed E-state index contributed by atoms with van der Waals surface area (Å²) >= 11 is 4.41. The first-order chi connectivity index (χ1) is 9.20. The van der Waals surface area contributed by atoms with Crippen LogP contribution in [0.3, 0.4) is 0 Å². The second kappa shape index (κ2) is 3.79.